The summed E-state index contributed by atoms with van der Waals surface area (Å²) in [5, 5.41) is 30.9. The second-order valence-electron chi connectivity index (χ2n) is 21.6. The molecule has 1 rings (SSSR count). The number of hydrogen-bond donors (Lipinski definition) is 4. The molecular weight excluding hydrogens is 981 g/mol. The van der Waals surface area contributed by atoms with Crippen LogP contribution in [0.2, 0.25) is 0 Å². The summed E-state index contributed by atoms with van der Waals surface area (Å²) in [5.41, 5.74) is 0. The Kier molecular flexibility index (Phi) is 50.9. The van der Waals surface area contributed by atoms with Crippen molar-refractivity contribution < 1.29 is 56.2 Å². The highest BCUT2D eigenvalue weighted by Gasteiger charge is 2.48. The number of aliphatic hydroxyl groups excluding tert-OH is 3. The Bertz CT molecular complexity index is 1500. The second kappa shape index (κ2) is 53.7. The number of unbranched alkanes of at least 4 members (excludes halogenated alkanes) is 35. The van der Waals surface area contributed by atoms with Crippen LogP contribution in [-0.2, 0) is 38.3 Å². The van der Waals surface area contributed by atoms with Crippen LogP contribution in [0.1, 0.15) is 284 Å². The van der Waals surface area contributed by atoms with Crippen LogP contribution in [0.15, 0.2) is 48.6 Å². The van der Waals surface area contributed by atoms with Gasteiger partial charge in [-0.1, -0.05) is 274 Å². The van der Waals surface area contributed by atoms with Crippen molar-refractivity contribution in [3.63, 3.8) is 0 Å². The fraction of sp³-hybridized carbons (Fsp3) is 0.857. The van der Waals surface area contributed by atoms with E-state index in [-0.39, 0.29) is 19.6 Å². The summed E-state index contributed by atoms with van der Waals surface area (Å²) in [6, 6.07) is 0. The van der Waals surface area contributed by atoms with Gasteiger partial charge in [-0.15, -0.1) is 0 Å². The third kappa shape index (κ3) is 45.9. The van der Waals surface area contributed by atoms with Crippen LogP contribution in [0.4, 0.5) is 0 Å². The van der Waals surface area contributed by atoms with Crippen molar-refractivity contribution in [3.05, 3.63) is 48.6 Å². The highest BCUT2D eigenvalue weighted by molar-refractivity contribution is 7.80. The Morgan fingerprint density at radius 3 is 1.33 bits per heavy atom. The predicted molar refractivity (Wildman–Crippen MR) is 313 cm³/mol. The third-order valence-corrected chi connectivity index (χ3v) is 14.9. The quantitative estimate of drug-likeness (QED) is 0.0196. The van der Waals surface area contributed by atoms with Crippen molar-refractivity contribution in [2.24, 2.45) is 0 Å². The van der Waals surface area contributed by atoms with E-state index in [2.05, 4.69) is 66.6 Å². The fourth-order valence-electron chi connectivity index (χ4n) is 9.79. The van der Waals surface area contributed by atoms with Crippen molar-refractivity contribution in [2.75, 3.05) is 26.4 Å². The molecule has 0 aromatic carbocycles. The van der Waals surface area contributed by atoms with Crippen LogP contribution >= 0.6 is 0 Å². The average molecular weight is 1100 g/mol. The number of esters is 1. The van der Waals surface area contributed by atoms with E-state index in [0.29, 0.717) is 13.0 Å². The first-order chi connectivity index (χ1) is 37.1. The zero-order valence-corrected chi connectivity index (χ0v) is 49.4. The maximum absolute atomic E-state index is 13.0. The Balaban J connectivity index is 2.24. The molecule has 0 radical (unpaired) electrons. The van der Waals surface area contributed by atoms with Crippen molar-refractivity contribution in [1.29, 1.82) is 0 Å². The highest BCUT2D eigenvalue weighted by Crippen LogP contribution is 2.26. The number of allylic oxidation sites excluding steroid dienone is 8. The van der Waals surface area contributed by atoms with Crippen molar-refractivity contribution >= 4 is 16.4 Å². The maximum Gasteiger partial charge on any atom is 0.397 e. The number of carbonyl (C=O) groups is 1. The SMILES string of the molecule is CC/C=C\C/C=C\C/C=C\C/C=C\CCCCCCCCCCCCC(=O)OC(COCCCCCCCCCCCCCCCCCCCCCCCCCCCC)COC1OC(CO)C(O)C(OS(=O)(=O)O)C1O. The Morgan fingerprint density at radius 2 is 0.908 bits per heavy atom. The van der Waals surface area contributed by atoms with Gasteiger partial charge < -0.3 is 34.3 Å². The first-order valence-electron chi connectivity index (χ1n) is 31.4. The summed E-state index contributed by atoms with van der Waals surface area (Å²) >= 11 is 0. The number of hydrogen-bond acceptors (Lipinski definition) is 11. The molecule has 6 unspecified atom stereocenters. The van der Waals surface area contributed by atoms with Crippen LogP contribution in [-0.4, -0.2) is 97.5 Å². The minimum absolute atomic E-state index is 0.0371. The van der Waals surface area contributed by atoms with Gasteiger partial charge in [0.25, 0.3) is 0 Å². The van der Waals surface area contributed by atoms with Gasteiger partial charge in [0.05, 0.1) is 19.8 Å². The lowest BCUT2D eigenvalue weighted by Crippen LogP contribution is -2.60. The van der Waals surface area contributed by atoms with Crippen LogP contribution < -0.4 is 0 Å². The van der Waals surface area contributed by atoms with Gasteiger partial charge in [-0.25, -0.2) is 4.18 Å². The Morgan fingerprint density at radius 1 is 0.513 bits per heavy atom. The minimum Gasteiger partial charge on any atom is -0.457 e. The lowest BCUT2D eigenvalue weighted by atomic mass is 9.99. The summed E-state index contributed by atoms with van der Waals surface area (Å²) < 4.78 is 59.6. The lowest BCUT2D eigenvalue weighted by Gasteiger charge is -2.41. The molecule has 0 saturated carbocycles. The number of aliphatic hydroxyl groups is 3. The number of ether oxygens (including phenoxy) is 4. The van der Waals surface area contributed by atoms with E-state index >= 15 is 0 Å². The summed E-state index contributed by atoms with van der Waals surface area (Å²) in [6.45, 7) is 3.94. The van der Waals surface area contributed by atoms with Crippen molar-refractivity contribution in [1.82, 2.24) is 0 Å². The van der Waals surface area contributed by atoms with E-state index in [1.807, 2.05) is 0 Å². The molecule has 1 fully saturated rings. The second-order valence-corrected chi connectivity index (χ2v) is 22.7. The molecule has 1 aliphatic rings. The molecule has 76 heavy (non-hydrogen) atoms. The van der Waals surface area contributed by atoms with Crippen LogP contribution in [0, 0.1) is 0 Å². The largest absolute Gasteiger partial charge is 0.457 e. The van der Waals surface area contributed by atoms with Crippen molar-refractivity contribution in [2.45, 2.75) is 320 Å². The molecule has 13 heteroatoms. The standard InChI is InChI=1S/C63H116O12S/c1-3-5-7-9-11-13-15-17-19-21-23-25-27-28-29-31-33-35-37-39-41-43-45-47-49-51-53-71-55-57(56-72-63-61(67)62(75-76(68,69)70)60(66)58(54-64)74-63)73-59(65)52-50-48-46-44-42-40-38-36-34-32-30-26-24-22-20-18-16-14-12-10-8-6-4-2/h6,8,12,14,18,20,24,26,57-58,60-64,66-67H,3-5,7,9-11,13,15-17,19,21-23,25,27-56H2,1-2H3,(H,68,69,70)/b8-6-,14-12-,20-18-,26-24-. The van der Waals surface area contributed by atoms with Crippen LogP contribution in [0.5, 0.6) is 0 Å². The monoisotopic (exact) mass is 1100 g/mol. The van der Waals surface area contributed by atoms with Gasteiger partial charge in [-0.05, 0) is 51.4 Å². The smallest absolute Gasteiger partial charge is 0.397 e. The highest BCUT2D eigenvalue weighted by atomic mass is 32.3. The first kappa shape index (κ1) is 72.1. The zero-order valence-electron chi connectivity index (χ0n) is 48.6. The molecule has 1 saturated heterocycles. The molecule has 12 nitrogen and oxygen atoms in total. The first-order valence-corrected chi connectivity index (χ1v) is 32.8. The molecule has 0 bridgehead atoms. The predicted octanol–water partition coefficient (Wildman–Crippen LogP) is 16.2. The van der Waals surface area contributed by atoms with Gasteiger partial charge in [0.2, 0.25) is 0 Å². The van der Waals surface area contributed by atoms with E-state index in [0.717, 1.165) is 70.6 Å². The van der Waals surface area contributed by atoms with E-state index in [4.69, 9.17) is 18.9 Å². The van der Waals surface area contributed by atoms with Crippen molar-refractivity contribution in [3.8, 4) is 0 Å². The summed E-state index contributed by atoms with van der Waals surface area (Å²) in [6.07, 6.45) is 60.2. The molecule has 1 aliphatic heterocycles. The molecule has 0 aromatic heterocycles. The third-order valence-electron chi connectivity index (χ3n) is 14.5. The molecule has 0 aliphatic carbocycles. The molecule has 4 N–H and O–H groups in total. The van der Waals surface area contributed by atoms with E-state index in [9.17, 15) is 33.1 Å². The Hall–Kier alpha value is -1.94. The van der Waals surface area contributed by atoms with E-state index < -0.39 is 59.8 Å². The van der Waals surface area contributed by atoms with Gasteiger partial charge in [-0.2, -0.15) is 8.42 Å². The molecule has 1 heterocycles. The molecule has 0 amide bonds. The van der Waals surface area contributed by atoms with E-state index in [1.165, 1.54) is 186 Å². The molecule has 0 aromatic rings. The van der Waals surface area contributed by atoms with Gasteiger partial charge in [0.15, 0.2) is 6.29 Å². The van der Waals surface area contributed by atoms with E-state index in [1.54, 1.807) is 0 Å². The molecule has 6 atom stereocenters. The normalized spacial score (nSPS) is 18.8. The summed E-state index contributed by atoms with van der Waals surface area (Å²) in [7, 11) is -5.07. The van der Waals surface area contributed by atoms with Gasteiger partial charge in [0, 0.05) is 13.0 Å². The maximum atomic E-state index is 13.0. The molecule has 446 valence electrons. The number of rotatable bonds is 56. The summed E-state index contributed by atoms with van der Waals surface area (Å²) in [5.74, 6) is -0.399. The minimum atomic E-state index is -5.07. The topological polar surface area (TPSA) is 178 Å². The fourth-order valence-corrected chi connectivity index (χ4v) is 10.3. The van der Waals surface area contributed by atoms with Gasteiger partial charge in [0.1, 0.15) is 30.5 Å². The average Bonchev–Trinajstić information content (AvgIpc) is 3.40. The van der Waals surface area contributed by atoms with Crippen LogP contribution in [0.3, 0.4) is 0 Å². The molecule has 0 spiro atoms. The summed E-state index contributed by atoms with van der Waals surface area (Å²) in [4.78, 5) is 13.0. The zero-order chi connectivity index (χ0) is 55.3. The lowest BCUT2D eigenvalue weighted by molar-refractivity contribution is -0.301. The number of carbonyl (C=O) groups excluding carboxylic acids is 1. The Labute approximate surface area is 466 Å². The van der Waals surface area contributed by atoms with Gasteiger partial charge in [-0.3, -0.25) is 9.35 Å². The molecular formula is C63H116O12S. The van der Waals surface area contributed by atoms with Gasteiger partial charge >= 0.3 is 16.4 Å². The van der Waals surface area contributed by atoms with Crippen LogP contribution in [0.25, 0.3) is 0 Å².